The van der Waals surface area contributed by atoms with Gasteiger partial charge in [0.15, 0.2) is 6.10 Å². The van der Waals surface area contributed by atoms with Gasteiger partial charge in [-0.15, -0.1) is 0 Å². The molecule has 0 N–H and O–H groups in total. The van der Waals surface area contributed by atoms with E-state index >= 15 is 0 Å². The summed E-state index contributed by atoms with van der Waals surface area (Å²) in [6.07, 6.45) is 70.9. The number of nitrogens with zero attached hydrogens (tertiary/aromatic N) is 1. The third-order valence-corrected chi connectivity index (χ3v) is 13.4. The molecule has 0 rings (SSSR count). The van der Waals surface area contributed by atoms with Gasteiger partial charge >= 0.3 is 11.9 Å². The predicted octanol–water partition coefficient (Wildman–Crippen LogP) is 17.6. The van der Waals surface area contributed by atoms with Gasteiger partial charge in [-0.3, -0.25) is 14.2 Å². The normalized spacial score (nSPS) is 13.9. The molecule has 2 unspecified atom stereocenters. The number of esters is 2. The first kappa shape index (κ1) is 69.2. The Morgan fingerprint density at radius 1 is 0.431 bits per heavy atom. The molecule has 0 aliphatic rings. The molecular formula is C62H110NO8P. The number of unbranched alkanes of at least 4 members (excludes halogenated alkanes) is 25. The maximum absolute atomic E-state index is 12.8. The molecule has 0 aromatic rings. The summed E-state index contributed by atoms with van der Waals surface area (Å²) in [5.41, 5.74) is 0. The molecule has 0 fully saturated rings. The molecular weight excluding hydrogens is 918 g/mol. The van der Waals surface area contributed by atoms with E-state index in [1.807, 2.05) is 21.1 Å². The highest BCUT2D eigenvalue weighted by atomic mass is 31.2. The van der Waals surface area contributed by atoms with Crippen molar-refractivity contribution < 1.29 is 42.1 Å². The summed E-state index contributed by atoms with van der Waals surface area (Å²) in [6, 6.07) is 0. The van der Waals surface area contributed by atoms with Gasteiger partial charge in [0.25, 0.3) is 7.82 Å². The first-order valence-corrected chi connectivity index (χ1v) is 30.8. The van der Waals surface area contributed by atoms with Crippen molar-refractivity contribution in [1.82, 2.24) is 0 Å². The smallest absolute Gasteiger partial charge is 0.306 e. The van der Waals surface area contributed by atoms with Crippen LogP contribution in [0.15, 0.2) is 85.1 Å². The fraction of sp³-hybridized carbons (Fsp3) is 0.742. The molecule has 72 heavy (non-hydrogen) atoms. The van der Waals surface area contributed by atoms with Crippen molar-refractivity contribution in [2.75, 3.05) is 47.5 Å². The maximum Gasteiger partial charge on any atom is 0.306 e. The van der Waals surface area contributed by atoms with Gasteiger partial charge in [-0.1, -0.05) is 234 Å². The van der Waals surface area contributed by atoms with Crippen LogP contribution in [0.5, 0.6) is 0 Å². The van der Waals surface area contributed by atoms with Gasteiger partial charge in [0, 0.05) is 12.8 Å². The van der Waals surface area contributed by atoms with Gasteiger partial charge in [0.05, 0.1) is 27.7 Å². The number of rotatable bonds is 53. The zero-order valence-corrected chi connectivity index (χ0v) is 48.0. The Balaban J connectivity index is 3.98. The van der Waals surface area contributed by atoms with Crippen molar-refractivity contribution in [3.05, 3.63) is 85.1 Å². The van der Waals surface area contributed by atoms with Gasteiger partial charge < -0.3 is 27.9 Å². The van der Waals surface area contributed by atoms with Crippen LogP contribution in [0.25, 0.3) is 0 Å². The molecule has 0 aromatic carbocycles. The molecule has 9 nitrogen and oxygen atoms in total. The van der Waals surface area contributed by atoms with E-state index in [-0.39, 0.29) is 26.1 Å². The third kappa shape index (κ3) is 56.5. The van der Waals surface area contributed by atoms with E-state index in [0.717, 1.165) is 83.5 Å². The number of quaternary nitrogens is 1. The van der Waals surface area contributed by atoms with Crippen LogP contribution in [0.1, 0.15) is 245 Å². The largest absolute Gasteiger partial charge is 0.756 e. The van der Waals surface area contributed by atoms with Crippen molar-refractivity contribution >= 4 is 19.8 Å². The maximum atomic E-state index is 12.8. The van der Waals surface area contributed by atoms with E-state index in [2.05, 4.69) is 98.9 Å². The average Bonchev–Trinajstić information content (AvgIpc) is 3.34. The van der Waals surface area contributed by atoms with Crippen LogP contribution in [0.3, 0.4) is 0 Å². The summed E-state index contributed by atoms with van der Waals surface area (Å²) in [4.78, 5) is 37.7. The van der Waals surface area contributed by atoms with Crippen LogP contribution in [0.4, 0.5) is 0 Å². The number of ether oxygens (including phenoxy) is 2. The lowest BCUT2D eigenvalue weighted by Gasteiger charge is -2.28. The Morgan fingerprint density at radius 3 is 1.12 bits per heavy atom. The summed E-state index contributed by atoms with van der Waals surface area (Å²) in [7, 11) is 1.15. The van der Waals surface area contributed by atoms with Gasteiger partial charge in [-0.2, -0.15) is 0 Å². The number of likely N-dealkylation sites (N-methyl/N-ethyl adjacent to an activating group) is 1. The molecule has 0 bridgehead atoms. The van der Waals surface area contributed by atoms with Crippen LogP contribution in [0.2, 0.25) is 0 Å². The van der Waals surface area contributed by atoms with Crippen LogP contribution in [0, 0.1) is 0 Å². The molecule has 0 spiro atoms. The second kappa shape index (κ2) is 53.0. The van der Waals surface area contributed by atoms with Crippen LogP contribution >= 0.6 is 7.82 Å². The van der Waals surface area contributed by atoms with E-state index in [1.54, 1.807) is 0 Å². The van der Waals surface area contributed by atoms with E-state index in [9.17, 15) is 19.0 Å². The number of hydrogen-bond acceptors (Lipinski definition) is 8. The molecule has 0 aliphatic carbocycles. The van der Waals surface area contributed by atoms with Gasteiger partial charge in [-0.25, -0.2) is 0 Å². The molecule has 10 heteroatoms. The molecule has 2 atom stereocenters. The van der Waals surface area contributed by atoms with Crippen LogP contribution in [-0.2, 0) is 32.7 Å². The van der Waals surface area contributed by atoms with Gasteiger partial charge in [0.1, 0.15) is 19.8 Å². The van der Waals surface area contributed by atoms with E-state index in [4.69, 9.17) is 18.5 Å². The van der Waals surface area contributed by atoms with Crippen molar-refractivity contribution in [3.63, 3.8) is 0 Å². The second-order valence-electron chi connectivity index (χ2n) is 20.6. The summed E-state index contributed by atoms with van der Waals surface area (Å²) >= 11 is 0. The zero-order valence-electron chi connectivity index (χ0n) is 47.1. The molecule has 0 aliphatic heterocycles. The van der Waals surface area contributed by atoms with Crippen LogP contribution < -0.4 is 4.89 Å². The summed E-state index contributed by atoms with van der Waals surface area (Å²) in [6.45, 7) is 3.98. The number of phosphoric acid groups is 1. The molecule has 0 aromatic heterocycles. The zero-order chi connectivity index (χ0) is 52.7. The Kier molecular flexibility index (Phi) is 51.0. The highest BCUT2D eigenvalue weighted by molar-refractivity contribution is 7.45. The second-order valence-corrected chi connectivity index (χ2v) is 22.0. The quantitative estimate of drug-likeness (QED) is 0.0195. The summed E-state index contributed by atoms with van der Waals surface area (Å²) in [5, 5.41) is 0. The van der Waals surface area contributed by atoms with Crippen molar-refractivity contribution in [2.24, 2.45) is 0 Å². The molecule has 0 saturated heterocycles. The van der Waals surface area contributed by atoms with E-state index in [1.165, 1.54) is 122 Å². The van der Waals surface area contributed by atoms with E-state index < -0.39 is 32.5 Å². The highest BCUT2D eigenvalue weighted by Gasteiger charge is 2.21. The number of allylic oxidation sites excluding steroid dienone is 14. The topological polar surface area (TPSA) is 111 Å². The lowest BCUT2D eigenvalue weighted by atomic mass is 10.0. The van der Waals surface area contributed by atoms with Crippen molar-refractivity contribution in [1.29, 1.82) is 0 Å². The first-order valence-electron chi connectivity index (χ1n) is 29.3. The SMILES string of the molecule is CC/C=C\C/C=C\C/C=C\C/C=C\CCCCCCCCCCCCCCCCCCCCCCCCC(=O)OC(COC(=O)CCCCC/C=C\C/C=C\C/C=C\CC)COP(=O)([O-])OCC[N+](C)(C)C. The third-order valence-electron chi connectivity index (χ3n) is 12.4. The van der Waals surface area contributed by atoms with Crippen molar-refractivity contribution in [2.45, 2.75) is 251 Å². The Bertz CT molecular complexity index is 1490. The van der Waals surface area contributed by atoms with Crippen molar-refractivity contribution in [3.8, 4) is 0 Å². The molecule has 0 radical (unpaired) electrons. The highest BCUT2D eigenvalue weighted by Crippen LogP contribution is 2.38. The summed E-state index contributed by atoms with van der Waals surface area (Å²) < 4.78 is 34.0. The fourth-order valence-electron chi connectivity index (χ4n) is 7.96. The Morgan fingerprint density at radius 2 is 0.750 bits per heavy atom. The van der Waals surface area contributed by atoms with Crippen LogP contribution in [-0.4, -0.2) is 70.0 Å². The minimum atomic E-state index is -4.64. The number of carbonyl (C=O) groups is 2. The minimum absolute atomic E-state index is 0.0373. The number of phosphoric ester groups is 1. The standard InChI is InChI=1S/C62H110NO8P/c1-6-8-10-12-14-16-18-20-21-22-23-24-25-26-27-28-29-30-31-32-33-34-35-36-37-38-39-40-41-43-45-47-49-51-53-55-62(65)71-60(59-70-72(66,67)69-57-56-63(3,4)5)58-68-61(64)54-52-50-48-46-44-42-19-17-15-13-11-9-7-2/h8-11,14-17,20-21,23-24,42,44,60H,6-7,12-13,18-19,22,25-41,43,45-59H2,1-5H3/b10-8-,11-9-,16-14-,17-15-,21-20-,24-23-,44-42-. The molecule has 416 valence electrons. The Labute approximate surface area is 443 Å². The Hall–Kier alpha value is -2.81. The minimum Gasteiger partial charge on any atom is -0.756 e. The van der Waals surface area contributed by atoms with Gasteiger partial charge in [-0.05, 0) is 83.5 Å². The fourth-order valence-corrected chi connectivity index (χ4v) is 8.69. The number of carbonyl (C=O) groups excluding carboxylic acids is 2. The molecule has 0 heterocycles. The predicted molar refractivity (Wildman–Crippen MR) is 305 cm³/mol. The van der Waals surface area contributed by atoms with E-state index in [0.29, 0.717) is 23.9 Å². The van der Waals surface area contributed by atoms with Gasteiger partial charge in [0.2, 0.25) is 0 Å². The average molecular weight is 1030 g/mol. The number of hydrogen-bond donors (Lipinski definition) is 0. The lowest BCUT2D eigenvalue weighted by Crippen LogP contribution is -2.37. The lowest BCUT2D eigenvalue weighted by molar-refractivity contribution is -0.870. The summed E-state index contributed by atoms with van der Waals surface area (Å²) in [5.74, 6) is -0.865. The molecule has 0 amide bonds. The first-order chi connectivity index (χ1) is 35.0. The monoisotopic (exact) mass is 1030 g/mol. The molecule has 0 saturated carbocycles.